The van der Waals surface area contributed by atoms with E-state index in [4.69, 9.17) is 5.26 Å². The first-order valence-electron chi connectivity index (χ1n) is 8.17. The van der Waals surface area contributed by atoms with Crippen molar-refractivity contribution >= 4 is 0 Å². The van der Waals surface area contributed by atoms with Crippen molar-refractivity contribution in [3.8, 4) is 6.07 Å². The monoisotopic (exact) mass is 290 g/mol. The Morgan fingerprint density at radius 1 is 1.05 bits per heavy atom. The highest BCUT2D eigenvalue weighted by Gasteiger charge is 2.03. The van der Waals surface area contributed by atoms with Gasteiger partial charge < -0.3 is 5.32 Å². The minimum atomic E-state index is -0.280. The van der Waals surface area contributed by atoms with Gasteiger partial charge in [-0.15, -0.1) is 0 Å². The van der Waals surface area contributed by atoms with Gasteiger partial charge in [0.2, 0.25) is 0 Å². The number of nitrogens with one attached hydrogen (secondary N) is 1. The highest BCUT2D eigenvalue weighted by Crippen LogP contribution is 2.11. The van der Waals surface area contributed by atoms with Crippen LogP contribution in [0.2, 0.25) is 0 Å². The predicted octanol–water partition coefficient (Wildman–Crippen LogP) is 4.93. The van der Waals surface area contributed by atoms with Crippen molar-refractivity contribution in [1.29, 1.82) is 5.26 Å². The number of nitrogens with zero attached hydrogens (tertiary/aromatic N) is 1. The molecule has 0 unspecified atom stereocenters. The molecule has 0 heterocycles. The minimum Gasteiger partial charge on any atom is -0.313 e. The average Bonchev–Trinajstić information content (AvgIpc) is 2.49. The summed E-state index contributed by atoms with van der Waals surface area (Å²) in [5, 5.41) is 12.3. The Bertz CT molecular complexity index is 437. The van der Waals surface area contributed by atoms with E-state index >= 15 is 0 Å². The third-order valence-electron chi connectivity index (χ3n) is 3.71. The van der Waals surface area contributed by atoms with Gasteiger partial charge in [-0.05, 0) is 36.7 Å². The molecular weight excluding hydrogens is 263 g/mol. The second-order valence-electron chi connectivity index (χ2n) is 5.56. The lowest BCUT2D eigenvalue weighted by Gasteiger charge is -2.07. The number of hydrogen-bond acceptors (Lipinski definition) is 2. The molecule has 0 atom stereocenters. The quantitative estimate of drug-likeness (QED) is 0.587. The first-order valence-corrected chi connectivity index (χ1v) is 8.17. The molecular formula is C18H27FN2. The summed E-state index contributed by atoms with van der Waals surface area (Å²) in [7, 11) is 0. The van der Waals surface area contributed by atoms with E-state index in [0.717, 1.165) is 18.5 Å². The molecule has 1 N–H and O–H groups in total. The molecule has 0 aliphatic carbocycles. The van der Waals surface area contributed by atoms with Gasteiger partial charge in [-0.3, -0.25) is 0 Å². The molecule has 3 heteroatoms. The van der Waals surface area contributed by atoms with Gasteiger partial charge in [-0.2, -0.15) is 5.26 Å². The molecule has 0 amide bonds. The topological polar surface area (TPSA) is 35.8 Å². The molecule has 0 aromatic heterocycles. The number of hydrogen-bond donors (Lipinski definition) is 1. The van der Waals surface area contributed by atoms with Gasteiger partial charge in [0.1, 0.15) is 5.82 Å². The van der Waals surface area contributed by atoms with Gasteiger partial charge in [0, 0.05) is 6.54 Å². The van der Waals surface area contributed by atoms with E-state index in [1.165, 1.54) is 57.1 Å². The van der Waals surface area contributed by atoms with Crippen LogP contribution in [0.4, 0.5) is 4.39 Å². The molecule has 0 saturated heterocycles. The summed E-state index contributed by atoms with van der Waals surface area (Å²) in [6.45, 7) is 3.73. The second-order valence-corrected chi connectivity index (χ2v) is 5.56. The Hall–Kier alpha value is -1.40. The van der Waals surface area contributed by atoms with Crippen molar-refractivity contribution in [3.63, 3.8) is 0 Å². The number of benzene rings is 1. The van der Waals surface area contributed by atoms with Crippen LogP contribution in [0, 0.1) is 17.1 Å². The maximum Gasteiger partial charge on any atom is 0.123 e. The van der Waals surface area contributed by atoms with Crippen molar-refractivity contribution in [2.75, 3.05) is 6.54 Å². The first-order chi connectivity index (χ1) is 10.3. The summed E-state index contributed by atoms with van der Waals surface area (Å²) in [4.78, 5) is 0. The molecule has 0 spiro atoms. The Morgan fingerprint density at radius 3 is 2.38 bits per heavy atom. The Balaban J connectivity index is 2.07. The summed E-state index contributed by atoms with van der Waals surface area (Å²) in [6, 6.07) is 6.42. The molecule has 0 fully saturated rings. The van der Waals surface area contributed by atoms with Crippen LogP contribution in [0.3, 0.4) is 0 Å². The van der Waals surface area contributed by atoms with Gasteiger partial charge >= 0.3 is 0 Å². The zero-order valence-corrected chi connectivity index (χ0v) is 13.1. The van der Waals surface area contributed by atoms with E-state index in [9.17, 15) is 4.39 Å². The summed E-state index contributed by atoms with van der Waals surface area (Å²) >= 11 is 0. The molecule has 0 aliphatic heterocycles. The first kappa shape index (κ1) is 17.7. The van der Waals surface area contributed by atoms with Crippen LogP contribution in [-0.2, 0) is 6.54 Å². The average molecular weight is 290 g/mol. The standard InChI is InChI=1S/C18H27FN2/c1-2-3-4-5-6-7-8-9-12-21-15-17-13-18(19)11-10-16(17)14-20/h10-11,13,21H,2-9,12,15H2,1H3. The van der Waals surface area contributed by atoms with E-state index < -0.39 is 0 Å². The normalized spacial score (nSPS) is 10.5. The Labute approximate surface area is 128 Å². The molecule has 1 aromatic carbocycles. The number of unbranched alkanes of at least 4 members (excludes halogenated alkanes) is 7. The van der Waals surface area contributed by atoms with Crippen LogP contribution >= 0.6 is 0 Å². The van der Waals surface area contributed by atoms with Crippen molar-refractivity contribution in [1.82, 2.24) is 5.32 Å². The molecule has 21 heavy (non-hydrogen) atoms. The molecule has 0 aliphatic rings. The molecule has 0 bridgehead atoms. The summed E-state index contributed by atoms with van der Waals surface area (Å²) in [5.41, 5.74) is 1.30. The lowest BCUT2D eigenvalue weighted by molar-refractivity contribution is 0.554. The van der Waals surface area contributed by atoms with E-state index in [-0.39, 0.29) is 5.82 Å². The van der Waals surface area contributed by atoms with Crippen molar-refractivity contribution in [2.45, 2.75) is 64.8 Å². The summed E-state index contributed by atoms with van der Waals surface area (Å²) in [5.74, 6) is -0.280. The minimum absolute atomic E-state index is 0.280. The molecule has 0 saturated carbocycles. The van der Waals surface area contributed by atoms with Gasteiger partial charge in [-0.25, -0.2) is 4.39 Å². The van der Waals surface area contributed by atoms with Crippen molar-refractivity contribution < 1.29 is 4.39 Å². The van der Waals surface area contributed by atoms with Crippen LogP contribution in [0.15, 0.2) is 18.2 Å². The number of nitriles is 1. The van der Waals surface area contributed by atoms with E-state index in [1.54, 1.807) is 6.07 Å². The number of halogens is 1. The van der Waals surface area contributed by atoms with E-state index in [1.807, 2.05) is 0 Å². The smallest absolute Gasteiger partial charge is 0.123 e. The van der Waals surface area contributed by atoms with Gasteiger partial charge in [0.05, 0.1) is 11.6 Å². The second kappa shape index (κ2) is 11.3. The molecule has 1 aromatic rings. The third kappa shape index (κ3) is 7.82. The van der Waals surface area contributed by atoms with E-state index in [2.05, 4.69) is 18.3 Å². The van der Waals surface area contributed by atoms with Crippen molar-refractivity contribution in [3.05, 3.63) is 35.1 Å². The lowest BCUT2D eigenvalue weighted by Crippen LogP contribution is -2.15. The van der Waals surface area contributed by atoms with Crippen molar-refractivity contribution in [2.24, 2.45) is 0 Å². The summed E-state index contributed by atoms with van der Waals surface area (Å²) < 4.78 is 13.1. The maximum absolute atomic E-state index is 13.1. The van der Waals surface area contributed by atoms with Crippen LogP contribution in [0.25, 0.3) is 0 Å². The zero-order valence-electron chi connectivity index (χ0n) is 13.1. The third-order valence-corrected chi connectivity index (χ3v) is 3.71. The molecule has 0 radical (unpaired) electrons. The molecule has 116 valence electrons. The fourth-order valence-electron chi connectivity index (χ4n) is 2.42. The fraction of sp³-hybridized carbons (Fsp3) is 0.611. The van der Waals surface area contributed by atoms with Gasteiger partial charge in [-0.1, -0.05) is 51.9 Å². The van der Waals surface area contributed by atoms with Crippen LogP contribution < -0.4 is 5.32 Å². The molecule has 2 nitrogen and oxygen atoms in total. The SMILES string of the molecule is CCCCCCCCCCNCc1cc(F)ccc1C#N. The van der Waals surface area contributed by atoms with Crippen LogP contribution in [-0.4, -0.2) is 6.54 Å². The van der Waals surface area contributed by atoms with E-state index in [0.29, 0.717) is 12.1 Å². The Morgan fingerprint density at radius 2 is 1.71 bits per heavy atom. The maximum atomic E-state index is 13.1. The number of rotatable bonds is 11. The van der Waals surface area contributed by atoms with Crippen LogP contribution in [0.1, 0.15) is 69.4 Å². The highest BCUT2D eigenvalue weighted by atomic mass is 19.1. The van der Waals surface area contributed by atoms with Crippen LogP contribution in [0.5, 0.6) is 0 Å². The largest absolute Gasteiger partial charge is 0.313 e. The Kier molecular flexibility index (Phi) is 9.48. The molecule has 1 rings (SSSR count). The zero-order chi connectivity index (χ0) is 15.3. The highest BCUT2D eigenvalue weighted by molar-refractivity contribution is 5.37. The lowest BCUT2D eigenvalue weighted by atomic mass is 10.1. The van der Waals surface area contributed by atoms with Gasteiger partial charge in [0.15, 0.2) is 0 Å². The fourth-order valence-corrected chi connectivity index (χ4v) is 2.42. The van der Waals surface area contributed by atoms with Gasteiger partial charge in [0.25, 0.3) is 0 Å². The summed E-state index contributed by atoms with van der Waals surface area (Å²) in [6.07, 6.45) is 10.4. The predicted molar refractivity (Wildman–Crippen MR) is 85.4 cm³/mol.